The second-order valence-corrected chi connectivity index (χ2v) is 4.56. The van der Waals surface area contributed by atoms with Gasteiger partial charge >= 0.3 is 0 Å². The zero-order valence-electron chi connectivity index (χ0n) is 11.4. The van der Waals surface area contributed by atoms with Gasteiger partial charge in [0, 0.05) is 12.0 Å². The second kappa shape index (κ2) is 5.87. The van der Waals surface area contributed by atoms with Crippen molar-refractivity contribution < 1.29 is 4.42 Å². The van der Waals surface area contributed by atoms with Crippen LogP contribution in [0, 0.1) is 6.92 Å². The molecule has 0 radical (unpaired) electrons. The lowest BCUT2D eigenvalue weighted by Gasteiger charge is -2.19. The van der Waals surface area contributed by atoms with Gasteiger partial charge in [0.05, 0.1) is 12.3 Å². The Balaban J connectivity index is 2.39. The Labute approximate surface area is 109 Å². The van der Waals surface area contributed by atoms with Crippen LogP contribution in [0.5, 0.6) is 0 Å². The monoisotopic (exact) mass is 243 g/mol. The van der Waals surface area contributed by atoms with Gasteiger partial charge in [0.15, 0.2) is 0 Å². The summed E-state index contributed by atoms with van der Waals surface area (Å²) in [4.78, 5) is 0. The van der Waals surface area contributed by atoms with Gasteiger partial charge in [0.25, 0.3) is 0 Å². The molecule has 1 atom stereocenters. The molecule has 1 heterocycles. The zero-order chi connectivity index (χ0) is 13.0. The van der Waals surface area contributed by atoms with Crippen LogP contribution in [-0.4, -0.2) is 6.54 Å². The highest BCUT2D eigenvalue weighted by Crippen LogP contribution is 2.26. The van der Waals surface area contributed by atoms with E-state index in [0.29, 0.717) is 0 Å². The van der Waals surface area contributed by atoms with Crippen LogP contribution in [0.15, 0.2) is 41.0 Å². The first-order chi connectivity index (χ1) is 8.76. The third kappa shape index (κ3) is 2.65. The summed E-state index contributed by atoms with van der Waals surface area (Å²) in [5.41, 5.74) is 3.84. The Bertz CT molecular complexity index is 501. The van der Waals surface area contributed by atoms with E-state index in [1.165, 1.54) is 16.7 Å². The summed E-state index contributed by atoms with van der Waals surface area (Å²) in [6.07, 6.45) is 2.71. The number of furan rings is 1. The standard InChI is InChI=1S/C16H21NO/c1-4-15-14(9-10-18-15)16(17-5-2)13-8-6-7-12(3)11-13/h6-11,16-17H,4-5H2,1-3H3. The predicted octanol–water partition coefficient (Wildman–Crippen LogP) is 3.85. The molecule has 0 fully saturated rings. The molecule has 0 saturated heterocycles. The summed E-state index contributed by atoms with van der Waals surface area (Å²) >= 11 is 0. The molecule has 0 aliphatic heterocycles. The van der Waals surface area contributed by atoms with E-state index in [9.17, 15) is 0 Å². The number of hydrogen-bond acceptors (Lipinski definition) is 2. The first-order valence-corrected chi connectivity index (χ1v) is 6.62. The molecule has 2 nitrogen and oxygen atoms in total. The van der Waals surface area contributed by atoms with Crippen LogP contribution in [0.25, 0.3) is 0 Å². The van der Waals surface area contributed by atoms with Gasteiger partial charge in [0.2, 0.25) is 0 Å². The number of rotatable bonds is 5. The fourth-order valence-corrected chi connectivity index (χ4v) is 2.36. The molecule has 0 aliphatic carbocycles. The number of hydrogen-bond donors (Lipinski definition) is 1. The number of nitrogens with one attached hydrogen (secondary N) is 1. The third-order valence-electron chi connectivity index (χ3n) is 3.20. The van der Waals surface area contributed by atoms with E-state index in [-0.39, 0.29) is 6.04 Å². The van der Waals surface area contributed by atoms with Crippen LogP contribution in [0.4, 0.5) is 0 Å². The molecule has 1 N–H and O–H groups in total. The van der Waals surface area contributed by atoms with Crippen molar-refractivity contribution in [3.63, 3.8) is 0 Å². The predicted molar refractivity (Wildman–Crippen MR) is 74.8 cm³/mol. The van der Waals surface area contributed by atoms with Gasteiger partial charge < -0.3 is 9.73 Å². The van der Waals surface area contributed by atoms with Gasteiger partial charge in [-0.2, -0.15) is 0 Å². The highest BCUT2D eigenvalue weighted by atomic mass is 16.3. The lowest BCUT2D eigenvalue weighted by Crippen LogP contribution is -2.22. The summed E-state index contributed by atoms with van der Waals surface area (Å²) in [5, 5.41) is 3.54. The van der Waals surface area contributed by atoms with Gasteiger partial charge in [-0.3, -0.25) is 0 Å². The zero-order valence-corrected chi connectivity index (χ0v) is 11.4. The van der Waals surface area contributed by atoms with E-state index in [1.807, 2.05) is 0 Å². The minimum Gasteiger partial charge on any atom is -0.469 e. The Hall–Kier alpha value is -1.54. The molecule has 1 unspecified atom stereocenters. The van der Waals surface area contributed by atoms with Crippen LogP contribution in [-0.2, 0) is 6.42 Å². The van der Waals surface area contributed by atoms with Crippen molar-refractivity contribution in [2.45, 2.75) is 33.2 Å². The molecule has 2 heteroatoms. The van der Waals surface area contributed by atoms with Crippen LogP contribution in [0.1, 0.15) is 42.3 Å². The maximum Gasteiger partial charge on any atom is 0.108 e. The minimum absolute atomic E-state index is 0.226. The molecule has 1 aromatic carbocycles. The molecular formula is C16H21NO. The SMILES string of the molecule is CCNC(c1cccc(C)c1)c1ccoc1CC. The summed E-state index contributed by atoms with van der Waals surface area (Å²) < 4.78 is 5.55. The molecule has 1 aromatic heterocycles. The molecule has 18 heavy (non-hydrogen) atoms. The molecule has 0 bridgehead atoms. The number of benzene rings is 1. The second-order valence-electron chi connectivity index (χ2n) is 4.56. The molecule has 2 aromatic rings. The van der Waals surface area contributed by atoms with E-state index < -0.39 is 0 Å². The van der Waals surface area contributed by atoms with Crippen LogP contribution in [0.3, 0.4) is 0 Å². The van der Waals surface area contributed by atoms with Crippen molar-refractivity contribution in [2.75, 3.05) is 6.54 Å². The number of aryl methyl sites for hydroxylation is 2. The van der Waals surface area contributed by atoms with Crippen LogP contribution >= 0.6 is 0 Å². The molecule has 0 saturated carbocycles. The molecule has 96 valence electrons. The molecule has 0 spiro atoms. The van der Waals surface area contributed by atoms with Gasteiger partial charge in [-0.15, -0.1) is 0 Å². The van der Waals surface area contributed by atoms with Gasteiger partial charge in [-0.25, -0.2) is 0 Å². The third-order valence-corrected chi connectivity index (χ3v) is 3.20. The van der Waals surface area contributed by atoms with E-state index in [0.717, 1.165) is 18.7 Å². The summed E-state index contributed by atoms with van der Waals surface area (Å²) in [5.74, 6) is 1.07. The Morgan fingerprint density at radius 1 is 1.22 bits per heavy atom. The van der Waals surface area contributed by atoms with Crippen LogP contribution < -0.4 is 5.32 Å². The van der Waals surface area contributed by atoms with E-state index in [2.05, 4.69) is 56.4 Å². The van der Waals surface area contributed by atoms with Gasteiger partial charge in [-0.05, 0) is 25.1 Å². The summed E-state index contributed by atoms with van der Waals surface area (Å²) in [6.45, 7) is 7.33. The van der Waals surface area contributed by atoms with Crippen molar-refractivity contribution in [1.82, 2.24) is 5.32 Å². The van der Waals surface area contributed by atoms with E-state index in [4.69, 9.17) is 4.42 Å². The first-order valence-electron chi connectivity index (χ1n) is 6.62. The van der Waals surface area contributed by atoms with Gasteiger partial charge in [-0.1, -0.05) is 43.7 Å². The normalized spacial score (nSPS) is 12.6. The van der Waals surface area contributed by atoms with E-state index >= 15 is 0 Å². The van der Waals surface area contributed by atoms with Crippen molar-refractivity contribution in [3.8, 4) is 0 Å². The topological polar surface area (TPSA) is 25.2 Å². The fraction of sp³-hybridized carbons (Fsp3) is 0.375. The Morgan fingerprint density at radius 2 is 2.06 bits per heavy atom. The molecule has 2 rings (SSSR count). The first kappa shape index (κ1) is 12.9. The van der Waals surface area contributed by atoms with Crippen molar-refractivity contribution in [1.29, 1.82) is 0 Å². The largest absolute Gasteiger partial charge is 0.469 e. The van der Waals surface area contributed by atoms with E-state index in [1.54, 1.807) is 6.26 Å². The van der Waals surface area contributed by atoms with Crippen LogP contribution in [0.2, 0.25) is 0 Å². The minimum atomic E-state index is 0.226. The summed E-state index contributed by atoms with van der Waals surface area (Å²) in [6, 6.07) is 11.0. The average Bonchev–Trinajstić information content (AvgIpc) is 2.84. The quantitative estimate of drug-likeness (QED) is 0.863. The maximum absolute atomic E-state index is 5.55. The molecule has 0 amide bonds. The summed E-state index contributed by atoms with van der Waals surface area (Å²) in [7, 11) is 0. The fourth-order valence-electron chi connectivity index (χ4n) is 2.36. The molecular weight excluding hydrogens is 222 g/mol. The van der Waals surface area contributed by atoms with Crippen molar-refractivity contribution >= 4 is 0 Å². The Kier molecular flexibility index (Phi) is 4.21. The average molecular weight is 243 g/mol. The van der Waals surface area contributed by atoms with Crippen molar-refractivity contribution in [3.05, 3.63) is 59.0 Å². The highest BCUT2D eigenvalue weighted by Gasteiger charge is 2.18. The Morgan fingerprint density at radius 3 is 2.72 bits per heavy atom. The maximum atomic E-state index is 5.55. The lowest BCUT2D eigenvalue weighted by atomic mass is 9.97. The molecule has 0 aliphatic rings. The lowest BCUT2D eigenvalue weighted by molar-refractivity contribution is 0.502. The van der Waals surface area contributed by atoms with Gasteiger partial charge in [0.1, 0.15) is 5.76 Å². The smallest absolute Gasteiger partial charge is 0.108 e. The highest BCUT2D eigenvalue weighted by molar-refractivity contribution is 5.35. The van der Waals surface area contributed by atoms with Crippen molar-refractivity contribution in [2.24, 2.45) is 0 Å².